The standard InChI is InChI=1S/C19H23NOS/c1-21-15-2-3-18-17(9-15)20-19(22-18)10-16-13-5-11-4-12(7-13)8-14(16)6-11/h2-3,9,11-14,16H,4-8,10H2,1H3. The van der Waals surface area contributed by atoms with Gasteiger partial charge in [0.2, 0.25) is 0 Å². The zero-order valence-corrected chi connectivity index (χ0v) is 13.9. The molecule has 1 aromatic carbocycles. The molecule has 116 valence electrons. The van der Waals surface area contributed by atoms with Crippen LogP contribution in [0.2, 0.25) is 0 Å². The van der Waals surface area contributed by atoms with Gasteiger partial charge in [-0.2, -0.15) is 0 Å². The maximum Gasteiger partial charge on any atom is 0.121 e. The van der Waals surface area contributed by atoms with Crippen molar-refractivity contribution < 1.29 is 4.74 Å². The smallest absolute Gasteiger partial charge is 0.121 e. The zero-order chi connectivity index (χ0) is 14.7. The normalized spacial score (nSPS) is 36.1. The summed E-state index contributed by atoms with van der Waals surface area (Å²) in [4.78, 5) is 4.91. The molecule has 22 heavy (non-hydrogen) atoms. The summed E-state index contributed by atoms with van der Waals surface area (Å²) >= 11 is 1.89. The maximum atomic E-state index is 5.32. The Labute approximate surface area is 135 Å². The Kier molecular flexibility index (Phi) is 3.01. The average molecular weight is 313 g/mol. The number of benzene rings is 1. The molecule has 4 fully saturated rings. The number of thiazole rings is 1. The Morgan fingerprint density at radius 2 is 1.82 bits per heavy atom. The highest BCUT2D eigenvalue weighted by atomic mass is 32.1. The molecule has 2 nitrogen and oxygen atoms in total. The van der Waals surface area contributed by atoms with E-state index in [-0.39, 0.29) is 0 Å². The molecule has 4 aliphatic carbocycles. The molecule has 4 saturated carbocycles. The van der Waals surface area contributed by atoms with Crippen LogP contribution in [0.4, 0.5) is 0 Å². The van der Waals surface area contributed by atoms with E-state index < -0.39 is 0 Å². The van der Waals surface area contributed by atoms with Crippen LogP contribution >= 0.6 is 11.3 Å². The first kappa shape index (κ1) is 13.4. The van der Waals surface area contributed by atoms with Gasteiger partial charge in [0, 0.05) is 12.5 Å². The second kappa shape index (κ2) is 4.95. The summed E-state index contributed by atoms with van der Waals surface area (Å²) < 4.78 is 6.63. The van der Waals surface area contributed by atoms with Gasteiger partial charge in [-0.1, -0.05) is 0 Å². The van der Waals surface area contributed by atoms with Crippen molar-refractivity contribution in [1.29, 1.82) is 0 Å². The van der Waals surface area contributed by atoms with Gasteiger partial charge in [0.1, 0.15) is 5.75 Å². The lowest BCUT2D eigenvalue weighted by atomic mass is 9.51. The van der Waals surface area contributed by atoms with Crippen molar-refractivity contribution in [2.45, 2.75) is 38.5 Å². The molecule has 1 aromatic heterocycles. The van der Waals surface area contributed by atoms with Gasteiger partial charge in [0.25, 0.3) is 0 Å². The van der Waals surface area contributed by atoms with Gasteiger partial charge in [0.05, 0.1) is 22.3 Å². The van der Waals surface area contributed by atoms with Crippen molar-refractivity contribution >= 4 is 21.6 Å². The Balaban J connectivity index is 1.41. The maximum absolute atomic E-state index is 5.32. The number of nitrogens with zero attached hydrogens (tertiary/aromatic N) is 1. The van der Waals surface area contributed by atoms with Crippen molar-refractivity contribution in [3.8, 4) is 5.75 Å². The number of fused-ring (bicyclic) bond motifs is 1. The number of aromatic nitrogens is 1. The van der Waals surface area contributed by atoms with Crippen molar-refractivity contribution in [3.05, 3.63) is 23.2 Å². The fourth-order valence-electron chi connectivity index (χ4n) is 5.74. The second-order valence-corrected chi connectivity index (χ2v) is 8.86. The number of hydrogen-bond acceptors (Lipinski definition) is 3. The van der Waals surface area contributed by atoms with E-state index in [4.69, 9.17) is 9.72 Å². The lowest BCUT2D eigenvalue weighted by molar-refractivity contribution is -0.0359. The molecule has 0 aliphatic heterocycles. The van der Waals surface area contributed by atoms with Crippen LogP contribution in [0.3, 0.4) is 0 Å². The summed E-state index contributed by atoms with van der Waals surface area (Å²) in [6, 6.07) is 6.28. The molecule has 0 amide bonds. The number of methoxy groups -OCH3 is 1. The molecule has 0 N–H and O–H groups in total. The third kappa shape index (κ3) is 2.09. The predicted molar refractivity (Wildman–Crippen MR) is 90.4 cm³/mol. The van der Waals surface area contributed by atoms with Crippen molar-refractivity contribution in [1.82, 2.24) is 4.98 Å². The minimum absolute atomic E-state index is 0.912. The van der Waals surface area contributed by atoms with Gasteiger partial charge in [-0.25, -0.2) is 4.98 Å². The molecular weight excluding hydrogens is 290 g/mol. The minimum atomic E-state index is 0.912. The van der Waals surface area contributed by atoms with E-state index in [0.29, 0.717) is 0 Å². The van der Waals surface area contributed by atoms with Crippen LogP contribution in [0.5, 0.6) is 5.75 Å². The van der Waals surface area contributed by atoms with Crippen LogP contribution in [-0.4, -0.2) is 12.1 Å². The van der Waals surface area contributed by atoms with Crippen LogP contribution in [-0.2, 0) is 6.42 Å². The largest absolute Gasteiger partial charge is 0.497 e. The SMILES string of the molecule is COc1ccc2sc(CC3C4CC5CC(C4)CC3C5)nc2c1. The van der Waals surface area contributed by atoms with E-state index >= 15 is 0 Å². The van der Waals surface area contributed by atoms with Crippen LogP contribution in [0, 0.1) is 29.6 Å². The molecule has 0 atom stereocenters. The Hall–Kier alpha value is -1.09. The molecule has 0 spiro atoms. The Morgan fingerprint density at radius 3 is 2.50 bits per heavy atom. The molecule has 3 heteroatoms. The molecule has 4 bridgehead atoms. The zero-order valence-electron chi connectivity index (χ0n) is 13.1. The Morgan fingerprint density at radius 1 is 1.09 bits per heavy atom. The fourth-order valence-corrected chi connectivity index (χ4v) is 6.76. The van der Waals surface area contributed by atoms with Gasteiger partial charge in [-0.3, -0.25) is 0 Å². The summed E-state index contributed by atoms with van der Waals surface area (Å²) in [7, 11) is 1.73. The highest BCUT2D eigenvalue weighted by Gasteiger charge is 2.48. The first-order valence-electron chi connectivity index (χ1n) is 8.72. The molecule has 0 radical (unpaired) electrons. The van der Waals surface area contributed by atoms with Gasteiger partial charge in [-0.15, -0.1) is 11.3 Å². The quantitative estimate of drug-likeness (QED) is 0.802. The highest BCUT2D eigenvalue weighted by molar-refractivity contribution is 7.18. The van der Waals surface area contributed by atoms with E-state index in [9.17, 15) is 0 Å². The van der Waals surface area contributed by atoms with E-state index in [0.717, 1.165) is 40.9 Å². The van der Waals surface area contributed by atoms with Gasteiger partial charge >= 0.3 is 0 Å². The molecular formula is C19H23NOS. The average Bonchev–Trinajstić information content (AvgIpc) is 2.91. The number of ether oxygens (including phenoxy) is 1. The van der Waals surface area contributed by atoms with E-state index in [1.165, 1.54) is 41.8 Å². The summed E-state index contributed by atoms with van der Waals surface area (Å²) in [6.07, 6.45) is 8.80. The molecule has 6 rings (SSSR count). The third-order valence-electron chi connectivity index (χ3n) is 6.47. The lowest BCUT2D eigenvalue weighted by Crippen LogP contribution is -2.45. The summed E-state index contributed by atoms with van der Waals surface area (Å²) in [5, 5.41) is 1.35. The molecule has 0 saturated heterocycles. The molecule has 2 aromatic rings. The summed E-state index contributed by atoms with van der Waals surface area (Å²) in [5.41, 5.74) is 1.11. The van der Waals surface area contributed by atoms with Crippen LogP contribution < -0.4 is 4.74 Å². The van der Waals surface area contributed by atoms with Crippen LogP contribution in [0.1, 0.15) is 37.1 Å². The summed E-state index contributed by atoms with van der Waals surface area (Å²) in [5.74, 6) is 5.96. The molecule has 1 heterocycles. The van der Waals surface area contributed by atoms with Crippen LogP contribution in [0.15, 0.2) is 18.2 Å². The topological polar surface area (TPSA) is 22.1 Å². The van der Waals surface area contributed by atoms with Gasteiger partial charge in [0.15, 0.2) is 0 Å². The molecule has 0 unspecified atom stereocenters. The van der Waals surface area contributed by atoms with Gasteiger partial charge in [-0.05, 0) is 73.8 Å². The summed E-state index contributed by atoms with van der Waals surface area (Å²) in [6.45, 7) is 0. The van der Waals surface area contributed by atoms with E-state index in [1.54, 1.807) is 13.5 Å². The molecule has 4 aliphatic rings. The predicted octanol–water partition coefficient (Wildman–Crippen LogP) is 4.92. The number of rotatable bonds is 3. The second-order valence-electron chi connectivity index (χ2n) is 7.74. The first-order chi connectivity index (χ1) is 10.8. The van der Waals surface area contributed by atoms with Crippen molar-refractivity contribution in [2.24, 2.45) is 29.6 Å². The first-order valence-corrected chi connectivity index (χ1v) is 9.53. The van der Waals surface area contributed by atoms with E-state index in [2.05, 4.69) is 12.1 Å². The highest BCUT2D eigenvalue weighted by Crippen LogP contribution is 2.57. The van der Waals surface area contributed by atoms with Crippen LogP contribution in [0.25, 0.3) is 10.2 Å². The monoisotopic (exact) mass is 313 g/mol. The fraction of sp³-hybridized carbons (Fsp3) is 0.632. The van der Waals surface area contributed by atoms with E-state index in [1.807, 2.05) is 17.4 Å². The number of hydrogen-bond donors (Lipinski definition) is 0. The van der Waals surface area contributed by atoms with Crippen molar-refractivity contribution in [2.75, 3.05) is 7.11 Å². The minimum Gasteiger partial charge on any atom is -0.497 e. The third-order valence-corrected chi connectivity index (χ3v) is 7.53. The van der Waals surface area contributed by atoms with Crippen molar-refractivity contribution in [3.63, 3.8) is 0 Å². The Bertz CT molecular complexity index is 679. The van der Waals surface area contributed by atoms with Gasteiger partial charge < -0.3 is 4.74 Å². The lowest BCUT2D eigenvalue weighted by Gasteiger charge is -2.54.